The Morgan fingerprint density at radius 2 is 1.44 bits per heavy atom. The van der Waals surface area contributed by atoms with Gasteiger partial charge in [-0.1, -0.05) is 42.5 Å². The van der Waals surface area contributed by atoms with Gasteiger partial charge in [0, 0.05) is 61.8 Å². The smallest absolute Gasteiger partial charge is 0.253 e. The maximum absolute atomic E-state index is 12.9. The lowest BCUT2D eigenvalue weighted by molar-refractivity contribution is -0.130. The van der Waals surface area contributed by atoms with Gasteiger partial charge in [-0.15, -0.1) is 0 Å². The Balaban J connectivity index is 1.19. The summed E-state index contributed by atoms with van der Waals surface area (Å²) in [6.07, 6.45) is 1.64. The lowest BCUT2D eigenvalue weighted by Crippen LogP contribution is -2.50. The molecule has 210 valence electrons. The van der Waals surface area contributed by atoms with Crippen molar-refractivity contribution < 1.29 is 18.0 Å². The van der Waals surface area contributed by atoms with Crippen molar-refractivity contribution in [3.63, 3.8) is 0 Å². The van der Waals surface area contributed by atoms with Crippen molar-refractivity contribution in [2.45, 2.75) is 12.7 Å². The minimum Gasteiger partial charge on any atom is -0.339 e. The van der Waals surface area contributed by atoms with E-state index in [1.807, 2.05) is 18.2 Å². The summed E-state index contributed by atoms with van der Waals surface area (Å²) in [7, 11) is -3.55. The number of benzene rings is 3. The predicted molar refractivity (Wildman–Crippen MR) is 158 cm³/mol. The molecule has 1 aliphatic rings. The van der Waals surface area contributed by atoms with Gasteiger partial charge < -0.3 is 15.1 Å². The molecule has 1 fully saturated rings. The molecule has 1 aromatic heterocycles. The van der Waals surface area contributed by atoms with Gasteiger partial charge in [0.2, 0.25) is 21.9 Å². The molecule has 11 heteroatoms. The van der Waals surface area contributed by atoms with Crippen LogP contribution in [-0.4, -0.2) is 66.2 Å². The number of carbonyl (C=O) groups is 2. The van der Waals surface area contributed by atoms with Gasteiger partial charge in [0.25, 0.3) is 5.91 Å². The molecule has 1 aliphatic heterocycles. The molecule has 5 rings (SSSR count). The van der Waals surface area contributed by atoms with E-state index >= 15 is 0 Å². The number of aromatic nitrogens is 2. The van der Waals surface area contributed by atoms with Crippen molar-refractivity contribution in [3.8, 4) is 11.3 Å². The highest BCUT2D eigenvalue weighted by molar-refractivity contribution is 7.91. The number of nitrogens with zero attached hydrogens (tertiary/aromatic N) is 4. The molecule has 0 spiro atoms. The van der Waals surface area contributed by atoms with Gasteiger partial charge in [-0.3, -0.25) is 14.3 Å². The summed E-state index contributed by atoms with van der Waals surface area (Å²) in [5, 5.41) is 3.16. The Morgan fingerprint density at radius 1 is 0.805 bits per heavy atom. The Hall–Kier alpha value is -4.77. The second-order valence-electron chi connectivity index (χ2n) is 9.69. The highest BCUT2D eigenvalue weighted by Crippen LogP contribution is 2.23. The largest absolute Gasteiger partial charge is 0.339 e. The molecule has 1 saturated heterocycles. The standard InChI is InChI=1S/C30H30N6O4S/c1-22(37)35-17-19-36(20-18-35)29(38)25-9-11-26(12-10-25)32-30-31-16-15-28(33-30)24-7-13-27(14-8-24)34-41(39,40)21-23-5-3-2-4-6-23/h2-16,34H,17-21H2,1H3,(H,31,32,33). The molecule has 0 aliphatic carbocycles. The molecule has 2 N–H and O–H groups in total. The maximum Gasteiger partial charge on any atom is 0.253 e. The van der Waals surface area contributed by atoms with E-state index in [9.17, 15) is 18.0 Å². The van der Waals surface area contributed by atoms with E-state index in [4.69, 9.17) is 0 Å². The number of nitrogens with one attached hydrogen (secondary N) is 2. The van der Waals surface area contributed by atoms with Crippen LogP contribution in [0.15, 0.2) is 91.1 Å². The van der Waals surface area contributed by atoms with Crippen LogP contribution in [0.4, 0.5) is 17.3 Å². The van der Waals surface area contributed by atoms with Gasteiger partial charge in [-0.25, -0.2) is 18.4 Å². The van der Waals surface area contributed by atoms with Gasteiger partial charge >= 0.3 is 0 Å². The van der Waals surface area contributed by atoms with E-state index in [0.717, 1.165) is 11.3 Å². The molecule has 0 atom stereocenters. The van der Waals surface area contributed by atoms with Crippen LogP contribution in [0, 0.1) is 0 Å². The van der Waals surface area contributed by atoms with E-state index < -0.39 is 10.0 Å². The fourth-order valence-electron chi connectivity index (χ4n) is 4.53. The van der Waals surface area contributed by atoms with Crippen molar-refractivity contribution >= 4 is 39.2 Å². The third kappa shape index (κ3) is 7.25. The van der Waals surface area contributed by atoms with Crippen molar-refractivity contribution in [1.82, 2.24) is 19.8 Å². The van der Waals surface area contributed by atoms with Crippen LogP contribution in [0.2, 0.25) is 0 Å². The molecule has 0 unspecified atom stereocenters. The number of hydrogen-bond acceptors (Lipinski definition) is 7. The summed E-state index contributed by atoms with van der Waals surface area (Å²) in [4.78, 5) is 36.8. The van der Waals surface area contributed by atoms with Gasteiger partial charge in [0.1, 0.15) is 0 Å². The number of hydrogen-bond donors (Lipinski definition) is 2. The predicted octanol–water partition coefficient (Wildman–Crippen LogP) is 4.13. The summed E-state index contributed by atoms with van der Waals surface area (Å²) in [5.41, 5.74) is 3.93. The maximum atomic E-state index is 12.9. The zero-order chi connectivity index (χ0) is 28.8. The molecule has 0 bridgehead atoms. The summed E-state index contributed by atoms with van der Waals surface area (Å²) in [5.74, 6) is 0.236. The molecule has 10 nitrogen and oxygen atoms in total. The SMILES string of the molecule is CC(=O)N1CCN(C(=O)c2ccc(Nc3nccc(-c4ccc(NS(=O)(=O)Cc5ccccc5)cc4)n3)cc2)CC1. The van der Waals surface area contributed by atoms with E-state index in [0.29, 0.717) is 54.6 Å². The summed E-state index contributed by atoms with van der Waals surface area (Å²) < 4.78 is 27.7. The van der Waals surface area contributed by atoms with Crippen LogP contribution >= 0.6 is 0 Å². The Morgan fingerprint density at radius 3 is 2.10 bits per heavy atom. The van der Waals surface area contributed by atoms with Crippen LogP contribution in [0.25, 0.3) is 11.3 Å². The first-order valence-corrected chi connectivity index (χ1v) is 14.8. The van der Waals surface area contributed by atoms with Crippen LogP contribution in [0.3, 0.4) is 0 Å². The van der Waals surface area contributed by atoms with E-state index in [1.54, 1.807) is 89.7 Å². The molecule has 4 aromatic rings. The fraction of sp³-hybridized carbons (Fsp3) is 0.200. The lowest BCUT2D eigenvalue weighted by atomic mass is 10.1. The van der Waals surface area contributed by atoms with Crippen molar-refractivity contribution in [2.75, 3.05) is 36.2 Å². The zero-order valence-corrected chi connectivity index (χ0v) is 23.3. The first-order chi connectivity index (χ1) is 19.8. The highest BCUT2D eigenvalue weighted by atomic mass is 32.2. The van der Waals surface area contributed by atoms with Crippen molar-refractivity contribution in [1.29, 1.82) is 0 Å². The Bertz CT molecular complexity index is 1620. The first kappa shape index (κ1) is 27.8. The minimum absolute atomic E-state index is 0.0258. The summed E-state index contributed by atoms with van der Waals surface area (Å²) in [6, 6.07) is 24.9. The zero-order valence-electron chi connectivity index (χ0n) is 22.5. The fourth-order valence-corrected chi connectivity index (χ4v) is 5.73. The molecule has 2 heterocycles. The third-order valence-corrected chi connectivity index (χ3v) is 7.97. The normalized spacial score (nSPS) is 13.5. The number of amides is 2. The lowest BCUT2D eigenvalue weighted by Gasteiger charge is -2.34. The quantitative estimate of drug-likeness (QED) is 0.326. The number of rotatable bonds is 8. The Labute approximate surface area is 239 Å². The second kappa shape index (κ2) is 12.2. The van der Waals surface area contributed by atoms with Gasteiger partial charge in [0.05, 0.1) is 11.4 Å². The first-order valence-electron chi connectivity index (χ1n) is 13.2. The topological polar surface area (TPSA) is 125 Å². The average molecular weight is 571 g/mol. The monoisotopic (exact) mass is 570 g/mol. The molecule has 41 heavy (non-hydrogen) atoms. The number of piperazine rings is 1. The van der Waals surface area contributed by atoms with Crippen LogP contribution in [0.1, 0.15) is 22.8 Å². The van der Waals surface area contributed by atoms with Gasteiger partial charge in [-0.2, -0.15) is 0 Å². The van der Waals surface area contributed by atoms with Crippen LogP contribution < -0.4 is 10.0 Å². The number of anilines is 3. The van der Waals surface area contributed by atoms with Gasteiger partial charge in [0.15, 0.2) is 0 Å². The molecule has 0 radical (unpaired) electrons. The van der Waals surface area contributed by atoms with E-state index in [2.05, 4.69) is 20.0 Å². The van der Waals surface area contributed by atoms with E-state index in [1.165, 1.54) is 0 Å². The van der Waals surface area contributed by atoms with Crippen LogP contribution in [0.5, 0.6) is 0 Å². The minimum atomic E-state index is -3.55. The number of carbonyl (C=O) groups excluding carboxylic acids is 2. The van der Waals surface area contributed by atoms with Gasteiger partial charge in [-0.05, 0) is 48.0 Å². The van der Waals surface area contributed by atoms with Crippen molar-refractivity contribution in [2.24, 2.45) is 0 Å². The molecular weight excluding hydrogens is 540 g/mol. The summed E-state index contributed by atoms with van der Waals surface area (Å²) >= 11 is 0. The average Bonchev–Trinajstić information content (AvgIpc) is 2.98. The van der Waals surface area contributed by atoms with Crippen molar-refractivity contribution in [3.05, 3.63) is 102 Å². The second-order valence-corrected chi connectivity index (χ2v) is 11.4. The molecule has 2 amide bonds. The van der Waals surface area contributed by atoms with E-state index in [-0.39, 0.29) is 17.6 Å². The molecular formula is C30H30N6O4S. The van der Waals surface area contributed by atoms with Crippen LogP contribution in [-0.2, 0) is 20.6 Å². The molecule has 0 saturated carbocycles. The number of sulfonamides is 1. The molecule has 3 aromatic carbocycles. The highest BCUT2D eigenvalue weighted by Gasteiger charge is 2.23. The Kier molecular flexibility index (Phi) is 8.25. The summed E-state index contributed by atoms with van der Waals surface area (Å²) in [6.45, 7) is 3.65. The third-order valence-electron chi connectivity index (χ3n) is 6.71.